The summed E-state index contributed by atoms with van der Waals surface area (Å²) in [6.45, 7) is 1.76. The average molecular weight is 407 g/mol. The van der Waals surface area contributed by atoms with Crippen LogP contribution in [0.3, 0.4) is 0 Å². The molecular formula is C20H26N2O5S. The lowest BCUT2D eigenvalue weighted by atomic mass is 9.98. The van der Waals surface area contributed by atoms with E-state index in [0.717, 1.165) is 31.5 Å². The van der Waals surface area contributed by atoms with E-state index in [-0.39, 0.29) is 31.5 Å². The number of hydrogen-bond donors (Lipinski definition) is 0. The summed E-state index contributed by atoms with van der Waals surface area (Å²) in [7, 11) is -3.53. The van der Waals surface area contributed by atoms with Crippen molar-refractivity contribution in [3.63, 3.8) is 0 Å². The second kappa shape index (κ2) is 9.34. The van der Waals surface area contributed by atoms with Crippen LogP contribution in [-0.2, 0) is 24.3 Å². The summed E-state index contributed by atoms with van der Waals surface area (Å²) in [5.74, 6) is -0.933. The van der Waals surface area contributed by atoms with Gasteiger partial charge in [-0.3, -0.25) is 9.59 Å². The van der Waals surface area contributed by atoms with Crippen LogP contribution in [0.4, 0.5) is 0 Å². The van der Waals surface area contributed by atoms with Crippen molar-refractivity contribution in [2.24, 2.45) is 5.92 Å². The first kappa shape index (κ1) is 20.5. The third kappa shape index (κ3) is 5.42. The van der Waals surface area contributed by atoms with Crippen molar-refractivity contribution in [2.75, 3.05) is 32.8 Å². The zero-order valence-corrected chi connectivity index (χ0v) is 16.6. The molecule has 0 spiro atoms. The van der Waals surface area contributed by atoms with Crippen molar-refractivity contribution in [2.45, 2.75) is 25.7 Å². The monoisotopic (exact) mass is 406 g/mol. The molecule has 0 aromatic heterocycles. The van der Waals surface area contributed by atoms with E-state index in [1.807, 2.05) is 30.3 Å². The van der Waals surface area contributed by atoms with Gasteiger partial charge in [-0.1, -0.05) is 30.3 Å². The Labute approximate surface area is 166 Å². The summed E-state index contributed by atoms with van der Waals surface area (Å²) >= 11 is 0. The predicted octanol–water partition coefficient (Wildman–Crippen LogP) is 1.86. The van der Waals surface area contributed by atoms with Gasteiger partial charge in [0.15, 0.2) is 6.61 Å². The van der Waals surface area contributed by atoms with E-state index in [2.05, 4.69) is 0 Å². The molecule has 7 nitrogen and oxygen atoms in total. The van der Waals surface area contributed by atoms with Crippen LogP contribution >= 0.6 is 0 Å². The Bertz CT molecular complexity index is 808. The lowest BCUT2D eigenvalue weighted by Gasteiger charge is -2.29. The van der Waals surface area contributed by atoms with Gasteiger partial charge in [0.05, 0.1) is 5.92 Å². The maximum absolute atomic E-state index is 12.5. The Morgan fingerprint density at radius 1 is 1.04 bits per heavy atom. The molecule has 152 valence electrons. The number of amides is 1. The fourth-order valence-corrected chi connectivity index (χ4v) is 4.69. The number of hydrogen-bond acceptors (Lipinski definition) is 5. The quantitative estimate of drug-likeness (QED) is 0.674. The summed E-state index contributed by atoms with van der Waals surface area (Å²) in [5.41, 5.74) is 0.812. The number of ether oxygens (including phenoxy) is 1. The topological polar surface area (TPSA) is 84.0 Å². The number of benzene rings is 1. The van der Waals surface area contributed by atoms with Gasteiger partial charge in [-0.2, -0.15) is 4.31 Å². The molecule has 0 atom stereocenters. The number of rotatable bonds is 6. The highest BCUT2D eigenvalue weighted by molar-refractivity contribution is 7.92. The van der Waals surface area contributed by atoms with Gasteiger partial charge in [0.25, 0.3) is 5.91 Å². The van der Waals surface area contributed by atoms with E-state index in [9.17, 15) is 18.0 Å². The van der Waals surface area contributed by atoms with Crippen LogP contribution in [0.1, 0.15) is 31.2 Å². The average Bonchev–Trinajstić information content (AvgIpc) is 3.26. The largest absolute Gasteiger partial charge is 0.455 e. The highest BCUT2D eigenvalue weighted by Crippen LogP contribution is 2.22. The zero-order chi connectivity index (χ0) is 20.0. The van der Waals surface area contributed by atoms with E-state index in [1.54, 1.807) is 11.0 Å². The number of carbonyl (C=O) groups is 2. The van der Waals surface area contributed by atoms with Gasteiger partial charge in [0, 0.05) is 31.6 Å². The first-order valence-electron chi connectivity index (χ1n) is 9.63. The van der Waals surface area contributed by atoms with Gasteiger partial charge in [0.1, 0.15) is 0 Å². The minimum absolute atomic E-state index is 0.156. The molecule has 2 fully saturated rings. The minimum atomic E-state index is -3.53. The molecule has 2 saturated heterocycles. The van der Waals surface area contributed by atoms with Gasteiger partial charge in [-0.05, 0) is 37.3 Å². The Kier molecular flexibility index (Phi) is 6.85. The minimum Gasteiger partial charge on any atom is -0.455 e. The summed E-state index contributed by atoms with van der Waals surface area (Å²) in [6.07, 6.45) is 4.35. The molecule has 0 N–H and O–H groups in total. The second-order valence-corrected chi connectivity index (χ2v) is 8.95. The van der Waals surface area contributed by atoms with Crippen molar-refractivity contribution >= 4 is 28.0 Å². The number of likely N-dealkylation sites (tertiary alicyclic amines) is 1. The maximum atomic E-state index is 12.5. The van der Waals surface area contributed by atoms with Crippen LogP contribution in [0.25, 0.3) is 6.08 Å². The smallest absolute Gasteiger partial charge is 0.309 e. The van der Waals surface area contributed by atoms with Crippen LogP contribution in [-0.4, -0.2) is 62.3 Å². The molecule has 28 heavy (non-hydrogen) atoms. The Hall–Kier alpha value is -2.19. The molecule has 2 aliphatic heterocycles. The Morgan fingerprint density at radius 3 is 2.32 bits per heavy atom. The van der Waals surface area contributed by atoms with Crippen LogP contribution in [0.2, 0.25) is 0 Å². The maximum Gasteiger partial charge on any atom is 0.309 e. The first-order valence-corrected chi connectivity index (χ1v) is 11.1. The predicted molar refractivity (Wildman–Crippen MR) is 105 cm³/mol. The van der Waals surface area contributed by atoms with Crippen LogP contribution in [0, 0.1) is 5.92 Å². The lowest BCUT2D eigenvalue weighted by molar-refractivity contribution is -0.156. The van der Waals surface area contributed by atoms with Gasteiger partial charge < -0.3 is 9.64 Å². The molecule has 0 aliphatic carbocycles. The number of carbonyl (C=O) groups excluding carboxylic acids is 2. The molecule has 0 unspecified atom stereocenters. The molecule has 1 aromatic carbocycles. The van der Waals surface area contributed by atoms with Crippen LogP contribution in [0.15, 0.2) is 35.7 Å². The summed E-state index contributed by atoms with van der Waals surface area (Å²) in [6, 6.07) is 9.22. The summed E-state index contributed by atoms with van der Waals surface area (Å²) in [5, 5.41) is 1.20. The summed E-state index contributed by atoms with van der Waals surface area (Å²) in [4.78, 5) is 25.9. The highest BCUT2D eigenvalue weighted by atomic mass is 32.2. The molecule has 2 aliphatic rings. The number of sulfonamides is 1. The van der Waals surface area contributed by atoms with Crippen molar-refractivity contribution in [3.05, 3.63) is 41.3 Å². The SMILES string of the molecule is O=C(OCC(=O)N1CCCC1)C1CCN(S(=O)(=O)/C=C/c2ccccc2)CC1. The molecule has 1 amide bonds. The van der Waals surface area contributed by atoms with E-state index in [0.29, 0.717) is 12.8 Å². The molecule has 0 bridgehead atoms. The van der Waals surface area contributed by atoms with E-state index in [1.165, 1.54) is 9.71 Å². The molecule has 2 heterocycles. The highest BCUT2D eigenvalue weighted by Gasteiger charge is 2.31. The second-order valence-electron chi connectivity index (χ2n) is 7.13. The molecule has 0 saturated carbocycles. The zero-order valence-electron chi connectivity index (χ0n) is 15.8. The van der Waals surface area contributed by atoms with Crippen molar-refractivity contribution in [1.29, 1.82) is 0 Å². The van der Waals surface area contributed by atoms with Gasteiger partial charge >= 0.3 is 5.97 Å². The lowest BCUT2D eigenvalue weighted by Crippen LogP contribution is -2.40. The van der Waals surface area contributed by atoms with Crippen molar-refractivity contribution in [3.8, 4) is 0 Å². The number of nitrogens with zero attached hydrogens (tertiary/aromatic N) is 2. The van der Waals surface area contributed by atoms with Crippen LogP contribution < -0.4 is 0 Å². The van der Waals surface area contributed by atoms with Gasteiger partial charge in [-0.15, -0.1) is 0 Å². The molecule has 8 heteroatoms. The first-order chi connectivity index (χ1) is 13.5. The van der Waals surface area contributed by atoms with E-state index in [4.69, 9.17) is 4.74 Å². The van der Waals surface area contributed by atoms with Crippen molar-refractivity contribution < 1.29 is 22.7 Å². The van der Waals surface area contributed by atoms with E-state index < -0.39 is 16.0 Å². The van der Waals surface area contributed by atoms with Gasteiger partial charge in [0.2, 0.25) is 10.0 Å². The summed E-state index contributed by atoms with van der Waals surface area (Å²) < 4.78 is 31.5. The third-order valence-electron chi connectivity index (χ3n) is 5.18. The number of esters is 1. The fourth-order valence-electron chi connectivity index (χ4n) is 3.47. The molecule has 3 rings (SSSR count). The number of piperidine rings is 1. The fraction of sp³-hybridized carbons (Fsp3) is 0.500. The molecule has 1 aromatic rings. The third-order valence-corrected chi connectivity index (χ3v) is 6.74. The Balaban J connectivity index is 1.46. The standard InChI is InChI=1S/C20H26N2O5S/c23-19(21-11-4-5-12-21)16-27-20(24)18-8-13-22(14-9-18)28(25,26)15-10-17-6-2-1-3-7-17/h1-3,6-7,10,15,18H,4-5,8-9,11-14,16H2/b15-10+. The Morgan fingerprint density at radius 2 is 1.68 bits per heavy atom. The molecule has 0 radical (unpaired) electrons. The van der Waals surface area contributed by atoms with E-state index >= 15 is 0 Å². The van der Waals surface area contributed by atoms with Gasteiger partial charge in [-0.25, -0.2) is 8.42 Å². The molecular weight excluding hydrogens is 380 g/mol. The van der Waals surface area contributed by atoms with Crippen molar-refractivity contribution in [1.82, 2.24) is 9.21 Å². The van der Waals surface area contributed by atoms with Crippen LogP contribution in [0.5, 0.6) is 0 Å². The normalized spacial score (nSPS) is 19.2.